The minimum absolute atomic E-state index is 1.13. The van der Waals surface area contributed by atoms with Crippen LogP contribution in [0, 0.1) is 0 Å². The van der Waals surface area contributed by atoms with Crippen LogP contribution < -0.4 is 0 Å². The molecule has 9 heavy (non-hydrogen) atoms. The van der Waals surface area contributed by atoms with Gasteiger partial charge >= 0.3 is 0 Å². The molecular formula is C8H12Si. The van der Waals surface area contributed by atoms with Gasteiger partial charge in [-0.05, 0) is 0 Å². The van der Waals surface area contributed by atoms with Crippen molar-refractivity contribution < 1.29 is 0 Å². The van der Waals surface area contributed by atoms with Gasteiger partial charge in [0, 0.05) is 10.2 Å². The molecule has 0 radical (unpaired) electrons. The van der Waals surface area contributed by atoms with Crippen LogP contribution in [0.25, 0.3) is 0 Å². The Bertz CT molecular complexity index is 108. The molecule has 0 aliphatic rings. The van der Waals surface area contributed by atoms with Crippen LogP contribution in [0.3, 0.4) is 0 Å². The molecule has 0 atom stereocenters. The zero-order valence-electron chi connectivity index (χ0n) is 5.75. The minimum atomic E-state index is 1.13. The third kappa shape index (κ3) is 7.18. The van der Waals surface area contributed by atoms with E-state index in [0.29, 0.717) is 0 Å². The number of hydrogen-bond acceptors (Lipinski definition) is 0. The van der Waals surface area contributed by atoms with Crippen molar-refractivity contribution in [3.8, 4) is 0 Å². The molecule has 0 nitrogen and oxygen atoms in total. The lowest BCUT2D eigenvalue weighted by molar-refractivity contribution is 1.72. The molecule has 0 bridgehead atoms. The first-order valence-electron chi connectivity index (χ1n) is 2.99. The molecular weight excluding hydrogens is 124 g/mol. The van der Waals surface area contributed by atoms with Crippen molar-refractivity contribution in [2.24, 2.45) is 0 Å². The summed E-state index contributed by atoms with van der Waals surface area (Å²) >= 11 is 0. The van der Waals surface area contributed by atoms with Gasteiger partial charge in [0.1, 0.15) is 0 Å². The van der Waals surface area contributed by atoms with Crippen molar-refractivity contribution in [3.63, 3.8) is 0 Å². The fraction of sp³-hybridized carbons (Fsp3) is 0. The average Bonchev–Trinajstić information content (AvgIpc) is 1.93. The Balaban J connectivity index is 0.000000187. The summed E-state index contributed by atoms with van der Waals surface area (Å²) in [6, 6.07) is 12.0. The summed E-state index contributed by atoms with van der Waals surface area (Å²) < 4.78 is 0. The Kier molecular flexibility index (Phi) is 6.52. The van der Waals surface area contributed by atoms with Crippen LogP contribution in [0.1, 0.15) is 0 Å². The van der Waals surface area contributed by atoms with Crippen LogP contribution in [0.5, 0.6) is 0 Å². The van der Waals surface area contributed by atoms with Crippen LogP contribution in [-0.2, 0) is 0 Å². The molecule has 48 valence electrons. The lowest BCUT2D eigenvalue weighted by Gasteiger charge is -1.69. The van der Waals surface area contributed by atoms with Gasteiger partial charge in [-0.3, -0.25) is 0 Å². The molecule has 0 spiro atoms. The maximum Gasteiger partial charge on any atom is 0.0283 e. The summed E-state index contributed by atoms with van der Waals surface area (Å²) in [6.07, 6.45) is 0. The normalized spacial score (nSPS) is 7.11. The lowest BCUT2D eigenvalue weighted by atomic mass is 10.4. The zero-order chi connectivity index (χ0) is 6.95. The first-order chi connectivity index (χ1) is 4.41. The van der Waals surface area contributed by atoms with Crippen LogP contribution >= 0.6 is 0 Å². The Morgan fingerprint density at radius 3 is 1.11 bits per heavy atom. The van der Waals surface area contributed by atoms with Crippen LogP contribution in [0.15, 0.2) is 48.7 Å². The number of benzene rings is 1. The standard InChI is InChI=1S/C6H6.C2H6Si/c1-2-4-6-5-3-1;1-2-3/h1-6H;2H,1H2,3H3. The van der Waals surface area contributed by atoms with Crippen molar-refractivity contribution in [2.75, 3.05) is 0 Å². The van der Waals surface area contributed by atoms with Crippen molar-refractivity contribution in [2.45, 2.75) is 0 Å². The van der Waals surface area contributed by atoms with Crippen molar-refractivity contribution in [3.05, 3.63) is 48.7 Å². The quantitative estimate of drug-likeness (QED) is 0.470. The SMILES string of the molecule is C=C[SiH3].c1ccccc1. The van der Waals surface area contributed by atoms with Crippen LogP contribution in [0.4, 0.5) is 0 Å². The van der Waals surface area contributed by atoms with Gasteiger partial charge in [-0.25, -0.2) is 0 Å². The highest BCUT2D eigenvalue weighted by Crippen LogP contribution is 1.79. The predicted molar refractivity (Wildman–Crippen MR) is 46.6 cm³/mol. The maximum atomic E-state index is 3.42. The lowest BCUT2D eigenvalue weighted by Crippen LogP contribution is -1.47. The van der Waals surface area contributed by atoms with Gasteiger partial charge in [-0.1, -0.05) is 36.4 Å². The van der Waals surface area contributed by atoms with E-state index in [2.05, 4.69) is 6.58 Å². The smallest absolute Gasteiger partial charge is 0.0283 e. The molecule has 1 rings (SSSR count). The molecule has 0 amide bonds. The molecule has 0 saturated heterocycles. The van der Waals surface area contributed by atoms with Gasteiger partial charge in [0.05, 0.1) is 0 Å². The van der Waals surface area contributed by atoms with E-state index >= 15 is 0 Å². The maximum absolute atomic E-state index is 3.42. The topological polar surface area (TPSA) is 0 Å². The van der Waals surface area contributed by atoms with Gasteiger partial charge in [0.15, 0.2) is 0 Å². The third-order valence-corrected chi connectivity index (χ3v) is 0.667. The molecule has 0 aliphatic heterocycles. The van der Waals surface area contributed by atoms with Crippen molar-refractivity contribution in [1.29, 1.82) is 0 Å². The van der Waals surface area contributed by atoms with Gasteiger partial charge < -0.3 is 0 Å². The van der Waals surface area contributed by atoms with E-state index < -0.39 is 0 Å². The molecule has 0 heterocycles. The average molecular weight is 136 g/mol. The minimum Gasteiger partial charge on any atom is -0.112 e. The molecule has 0 fully saturated rings. The highest BCUT2D eigenvalue weighted by atomic mass is 28.1. The molecule has 0 aliphatic carbocycles. The van der Waals surface area contributed by atoms with E-state index in [-0.39, 0.29) is 0 Å². The highest BCUT2D eigenvalue weighted by molar-refractivity contribution is 6.16. The molecule has 0 N–H and O–H groups in total. The van der Waals surface area contributed by atoms with Gasteiger partial charge in [0.2, 0.25) is 0 Å². The zero-order valence-corrected chi connectivity index (χ0v) is 7.75. The summed E-state index contributed by atoms with van der Waals surface area (Å²) in [5.41, 5.74) is 1.89. The summed E-state index contributed by atoms with van der Waals surface area (Å²) in [5, 5.41) is 0. The summed E-state index contributed by atoms with van der Waals surface area (Å²) in [4.78, 5) is 0. The molecule has 0 unspecified atom stereocenters. The van der Waals surface area contributed by atoms with Gasteiger partial charge in [-0.15, -0.1) is 12.3 Å². The van der Waals surface area contributed by atoms with E-state index in [1.54, 1.807) is 0 Å². The van der Waals surface area contributed by atoms with Crippen LogP contribution in [-0.4, -0.2) is 10.2 Å². The van der Waals surface area contributed by atoms with Crippen LogP contribution in [0.2, 0.25) is 0 Å². The largest absolute Gasteiger partial charge is 0.112 e. The molecule has 0 saturated carbocycles. The molecule has 1 aromatic carbocycles. The third-order valence-electron chi connectivity index (χ3n) is 0.667. The fourth-order valence-corrected chi connectivity index (χ4v) is 0.385. The Morgan fingerprint density at radius 1 is 0.889 bits per heavy atom. The highest BCUT2D eigenvalue weighted by Gasteiger charge is 1.57. The first kappa shape index (κ1) is 8.18. The molecule has 1 aromatic rings. The number of rotatable bonds is 0. The number of hydrogen-bond donors (Lipinski definition) is 0. The van der Waals surface area contributed by atoms with E-state index in [1.165, 1.54) is 0 Å². The van der Waals surface area contributed by atoms with E-state index in [4.69, 9.17) is 0 Å². The fourth-order valence-electron chi connectivity index (χ4n) is 0.385. The monoisotopic (exact) mass is 136 g/mol. The Labute approximate surface area is 59.6 Å². The second kappa shape index (κ2) is 7.18. The predicted octanol–water partition coefficient (Wildman–Crippen LogP) is 1.18. The van der Waals surface area contributed by atoms with E-state index in [9.17, 15) is 0 Å². The van der Waals surface area contributed by atoms with Gasteiger partial charge in [0.25, 0.3) is 0 Å². The van der Waals surface area contributed by atoms with Crippen molar-refractivity contribution >= 4 is 10.2 Å². The van der Waals surface area contributed by atoms with Gasteiger partial charge in [-0.2, -0.15) is 0 Å². The summed E-state index contributed by atoms with van der Waals surface area (Å²) in [5.74, 6) is 0. The van der Waals surface area contributed by atoms with E-state index in [0.717, 1.165) is 10.2 Å². The Hall–Kier alpha value is -0.823. The van der Waals surface area contributed by atoms with E-state index in [1.807, 2.05) is 42.1 Å². The molecule has 1 heteroatoms. The summed E-state index contributed by atoms with van der Waals surface area (Å²) in [6.45, 7) is 3.42. The second-order valence-electron chi connectivity index (χ2n) is 1.56. The summed E-state index contributed by atoms with van der Waals surface area (Å²) in [7, 11) is 1.13. The first-order valence-corrected chi connectivity index (χ1v) is 4.14. The molecule has 0 aromatic heterocycles. The van der Waals surface area contributed by atoms with Crippen molar-refractivity contribution in [1.82, 2.24) is 0 Å². The second-order valence-corrected chi connectivity index (χ2v) is 2.38. The Morgan fingerprint density at radius 2 is 1.00 bits per heavy atom.